The van der Waals surface area contributed by atoms with Crippen LogP contribution in [-0.4, -0.2) is 45.0 Å². The summed E-state index contributed by atoms with van der Waals surface area (Å²) in [6.45, 7) is 3.47. The quantitative estimate of drug-likeness (QED) is 0.447. The van der Waals surface area contributed by atoms with Crippen LogP contribution in [0.5, 0.6) is 0 Å². The Balaban J connectivity index is 2.33. The predicted octanol–water partition coefficient (Wildman–Crippen LogP) is 3.33. The van der Waals surface area contributed by atoms with Crippen LogP contribution in [0.1, 0.15) is 42.2 Å². The van der Waals surface area contributed by atoms with Gasteiger partial charge >= 0.3 is 5.97 Å². The molecule has 0 bridgehead atoms. The molecule has 2 rings (SSSR count). The number of carbonyl (C=O) groups is 2. The van der Waals surface area contributed by atoms with E-state index in [0.29, 0.717) is 10.0 Å². The third-order valence-electron chi connectivity index (χ3n) is 4.31. The molecule has 10 heteroatoms. The van der Waals surface area contributed by atoms with Crippen molar-refractivity contribution in [3.05, 3.63) is 64.7 Å². The van der Waals surface area contributed by atoms with E-state index < -0.39 is 27.9 Å². The Hall–Kier alpha value is -2.46. The van der Waals surface area contributed by atoms with E-state index in [1.165, 1.54) is 26.3 Å². The molecule has 0 spiro atoms. The third-order valence-corrected chi connectivity index (χ3v) is 6.47. The minimum Gasteiger partial charge on any atom is -0.463 e. The number of sulfonamides is 1. The SMILES string of the molecule is CON(C)S(=O)(=O)c1cc(C(=O)NC(CC(=O)OC(C)C)c2ccccc2)ccc1Cl. The van der Waals surface area contributed by atoms with Crippen molar-refractivity contribution in [2.45, 2.75) is 37.3 Å². The molecule has 2 aromatic carbocycles. The highest BCUT2D eigenvalue weighted by Crippen LogP contribution is 2.26. The van der Waals surface area contributed by atoms with Crippen molar-refractivity contribution in [1.29, 1.82) is 0 Å². The Morgan fingerprint density at radius 3 is 2.35 bits per heavy atom. The summed E-state index contributed by atoms with van der Waals surface area (Å²) in [5.74, 6) is -1.04. The first-order valence-electron chi connectivity index (χ1n) is 9.44. The first-order chi connectivity index (χ1) is 14.6. The van der Waals surface area contributed by atoms with Gasteiger partial charge in [-0.1, -0.05) is 46.4 Å². The summed E-state index contributed by atoms with van der Waals surface area (Å²) < 4.78 is 31.0. The van der Waals surface area contributed by atoms with Crippen LogP contribution in [0.25, 0.3) is 0 Å². The molecule has 0 aliphatic heterocycles. The van der Waals surface area contributed by atoms with Crippen LogP contribution < -0.4 is 5.32 Å². The van der Waals surface area contributed by atoms with Gasteiger partial charge in [-0.3, -0.25) is 14.4 Å². The monoisotopic (exact) mass is 468 g/mol. The second-order valence-electron chi connectivity index (χ2n) is 6.92. The first kappa shape index (κ1) is 24.8. The lowest BCUT2D eigenvalue weighted by atomic mass is 10.0. The lowest BCUT2D eigenvalue weighted by molar-refractivity contribution is -0.147. The Morgan fingerprint density at radius 1 is 1.13 bits per heavy atom. The summed E-state index contributed by atoms with van der Waals surface area (Å²) in [5.41, 5.74) is 0.767. The van der Waals surface area contributed by atoms with Gasteiger partial charge < -0.3 is 10.1 Å². The van der Waals surface area contributed by atoms with E-state index in [2.05, 4.69) is 5.32 Å². The molecule has 0 radical (unpaired) electrons. The molecule has 1 N–H and O–H groups in total. The second-order valence-corrected chi connectivity index (χ2v) is 9.23. The predicted molar refractivity (Wildman–Crippen MR) is 116 cm³/mol. The van der Waals surface area contributed by atoms with E-state index in [-0.39, 0.29) is 28.0 Å². The number of nitrogens with one attached hydrogen (secondary N) is 1. The van der Waals surface area contributed by atoms with Gasteiger partial charge in [-0.25, -0.2) is 8.42 Å². The molecule has 2 aromatic rings. The molecule has 0 fully saturated rings. The number of nitrogens with zero attached hydrogens (tertiary/aromatic N) is 1. The van der Waals surface area contributed by atoms with Gasteiger partial charge in [0.1, 0.15) is 4.90 Å². The summed E-state index contributed by atoms with van der Waals surface area (Å²) >= 11 is 6.05. The maximum Gasteiger partial charge on any atom is 0.308 e. The van der Waals surface area contributed by atoms with Crippen LogP contribution in [-0.2, 0) is 24.4 Å². The maximum atomic E-state index is 12.9. The molecule has 168 valence electrons. The number of rotatable bonds is 9. The number of carbonyl (C=O) groups excluding carboxylic acids is 2. The molecule has 31 heavy (non-hydrogen) atoms. The molecule has 1 amide bonds. The fourth-order valence-electron chi connectivity index (χ4n) is 2.74. The molecular weight excluding hydrogens is 444 g/mol. The maximum absolute atomic E-state index is 12.9. The zero-order chi connectivity index (χ0) is 23.2. The second kappa shape index (κ2) is 10.7. The van der Waals surface area contributed by atoms with Gasteiger partial charge in [0.25, 0.3) is 15.9 Å². The number of hydrogen-bond donors (Lipinski definition) is 1. The van der Waals surface area contributed by atoms with Crippen LogP contribution >= 0.6 is 11.6 Å². The topological polar surface area (TPSA) is 102 Å². The summed E-state index contributed by atoms with van der Waals surface area (Å²) in [4.78, 5) is 29.6. The summed E-state index contributed by atoms with van der Waals surface area (Å²) in [7, 11) is -1.65. The Labute approximate surface area is 187 Å². The van der Waals surface area contributed by atoms with Gasteiger partial charge in [0.05, 0.1) is 30.7 Å². The van der Waals surface area contributed by atoms with E-state index in [1.54, 1.807) is 38.1 Å². The average molecular weight is 469 g/mol. The molecule has 8 nitrogen and oxygen atoms in total. The number of ether oxygens (including phenoxy) is 1. The van der Waals surface area contributed by atoms with Crippen molar-refractivity contribution in [2.24, 2.45) is 0 Å². The first-order valence-corrected chi connectivity index (χ1v) is 11.3. The summed E-state index contributed by atoms with van der Waals surface area (Å²) in [5, 5.41) is 2.72. The van der Waals surface area contributed by atoms with E-state index in [0.717, 1.165) is 6.07 Å². The lowest BCUT2D eigenvalue weighted by Gasteiger charge is -2.20. The highest BCUT2D eigenvalue weighted by Gasteiger charge is 2.26. The van der Waals surface area contributed by atoms with Crippen LogP contribution in [0.2, 0.25) is 5.02 Å². The largest absolute Gasteiger partial charge is 0.463 e. The summed E-state index contributed by atoms with van der Waals surface area (Å²) in [6.07, 6.45) is -0.375. The minimum absolute atomic E-state index is 0.0550. The number of benzene rings is 2. The zero-order valence-corrected chi connectivity index (χ0v) is 19.2. The van der Waals surface area contributed by atoms with Crippen LogP contribution in [0.4, 0.5) is 0 Å². The average Bonchev–Trinajstić information content (AvgIpc) is 2.72. The van der Waals surface area contributed by atoms with Crippen LogP contribution in [0.15, 0.2) is 53.4 Å². The Bertz CT molecular complexity index is 1030. The van der Waals surface area contributed by atoms with Gasteiger partial charge in [-0.05, 0) is 37.6 Å². The van der Waals surface area contributed by atoms with Crippen molar-refractivity contribution in [3.63, 3.8) is 0 Å². The van der Waals surface area contributed by atoms with Gasteiger partial charge in [0, 0.05) is 12.6 Å². The Kier molecular flexibility index (Phi) is 8.58. The van der Waals surface area contributed by atoms with Crippen molar-refractivity contribution in [1.82, 2.24) is 9.79 Å². The van der Waals surface area contributed by atoms with Crippen molar-refractivity contribution >= 4 is 33.5 Å². The number of amides is 1. The highest BCUT2D eigenvalue weighted by molar-refractivity contribution is 7.89. The standard InChI is InChI=1S/C21H25ClN2O6S/c1-14(2)30-20(25)13-18(15-8-6-5-7-9-15)23-21(26)16-10-11-17(22)19(12-16)31(27,28)24(3)29-4/h5-12,14,18H,13H2,1-4H3,(H,23,26). The molecule has 0 aliphatic carbocycles. The highest BCUT2D eigenvalue weighted by atomic mass is 35.5. The van der Waals surface area contributed by atoms with Crippen molar-refractivity contribution in [3.8, 4) is 0 Å². The smallest absolute Gasteiger partial charge is 0.308 e. The normalized spacial score (nSPS) is 12.6. The van der Waals surface area contributed by atoms with Gasteiger partial charge in [-0.15, -0.1) is 0 Å². The van der Waals surface area contributed by atoms with Gasteiger partial charge in [-0.2, -0.15) is 0 Å². The number of hydroxylamine groups is 1. The van der Waals surface area contributed by atoms with E-state index in [9.17, 15) is 18.0 Å². The van der Waals surface area contributed by atoms with Crippen molar-refractivity contribution < 1.29 is 27.6 Å². The fraction of sp³-hybridized carbons (Fsp3) is 0.333. The van der Waals surface area contributed by atoms with Crippen molar-refractivity contribution in [2.75, 3.05) is 14.2 Å². The molecule has 0 saturated heterocycles. The van der Waals surface area contributed by atoms with Gasteiger partial charge in [0.2, 0.25) is 0 Å². The summed E-state index contributed by atoms with van der Waals surface area (Å²) in [6, 6.07) is 12.2. The molecule has 0 heterocycles. The molecule has 0 aromatic heterocycles. The van der Waals surface area contributed by atoms with E-state index >= 15 is 0 Å². The number of hydrogen-bond acceptors (Lipinski definition) is 6. The molecule has 1 unspecified atom stereocenters. The van der Waals surface area contributed by atoms with Gasteiger partial charge in [0.15, 0.2) is 0 Å². The molecule has 0 aliphatic rings. The van der Waals surface area contributed by atoms with E-state index in [4.69, 9.17) is 21.2 Å². The minimum atomic E-state index is -4.06. The Morgan fingerprint density at radius 2 is 1.77 bits per heavy atom. The third kappa shape index (κ3) is 6.51. The fourth-order valence-corrected chi connectivity index (χ4v) is 4.21. The lowest BCUT2D eigenvalue weighted by Crippen LogP contribution is -2.31. The number of halogens is 1. The number of esters is 1. The molecule has 1 atom stereocenters. The van der Waals surface area contributed by atoms with E-state index in [1.807, 2.05) is 6.07 Å². The zero-order valence-electron chi connectivity index (χ0n) is 17.7. The van der Waals surface area contributed by atoms with Crippen LogP contribution in [0.3, 0.4) is 0 Å². The molecular formula is C21H25ClN2O6S. The van der Waals surface area contributed by atoms with Crippen LogP contribution in [0, 0.1) is 0 Å². The molecule has 0 saturated carbocycles.